The molecule has 0 atom stereocenters. The Balaban J connectivity index is 1.61. The highest BCUT2D eigenvalue weighted by molar-refractivity contribution is 7.86. The largest absolute Gasteiger partial charge is 0.491 e. The monoisotopic (exact) mass is 367 g/mol. The van der Waals surface area contributed by atoms with Gasteiger partial charge in [0, 0.05) is 12.1 Å². The van der Waals surface area contributed by atoms with Crippen LogP contribution in [-0.2, 0) is 19.0 Å². The van der Waals surface area contributed by atoms with Gasteiger partial charge in [0.25, 0.3) is 15.8 Å². The molecule has 2 rings (SSSR count). The van der Waals surface area contributed by atoms with Gasteiger partial charge in [-0.3, -0.25) is 14.3 Å². The zero-order valence-corrected chi connectivity index (χ0v) is 14.1. The molecule has 0 aliphatic carbocycles. The molecule has 0 radical (unpaired) electrons. The lowest BCUT2D eigenvalue weighted by molar-refractivity contribution is -0.384. The van der Waals surface area contributed by atoms with E-state index in [-0.39, 0.29) is 37.0 Å². The second-order valence-corrected chi connectivity index (χ2v) is 6.42. The summed E-state index contributed by atoms with van der Waals surface area (Å²) in [6.07, 6.45) is 0. The summed E-state index contributed by atoms with van der Waals surface area (Å²) < 4.78 is 39.1. The fourth-order valence-corrected chi connectivity index (χ4v) is 2.76. The van der Waals surface area contributed by atoms with Gasteiger partial charge in [0.2, 0.25) is 0 Å². The minimum absolute atomic E-state index is 0.0135. The topological polar surface area (TPSA) is 105 Å². The van der Waals surface area contributed by atoms with E-state index in [1.165, 1.54) is 36.4 Å². The number of nitro groups is 1. The number of non-ortho nitro benzene ring substituents is 1. The molecule has 0 spiro atoms. The molecule has 0 N–H and O–H groups in total. The van der Waals surface area contributed by atoms with Crippen LogP contribution in [0.4, 0.5) is 5.69 Å². The quantitative estimate of drug-likeness (QED) is 0.275. The average Bonchev–Trinajstić information content (AvgIpc) is 2.62. The van der Waals surface area contributed by atoms with Crippen molar-refractivity contribution in [2.45, 2.75) is 4.90 Å². The Labute approximate surface area is 145 Å². The third-order valence-electron chi connectivity index (χ3n) is 3.04. The van der Waals surface area contributed by atoms with Crippen molar-refractivity contribution in [2.75, 3.05) is 26.4 Å². The predicted octanol–water partition coefficient (Wildman–Crippen LogP) is 2.40. The maximum Gasteiger partial charge on any atom is 0.297 e. The fraction of sp³-hybridized carbons (Fsp3) is 0.250. The molecule has 0 bridgehead atoms. The third kappa shape index (κ3) is 6.14. The van der Waals surface area contributed by atoms with Gasteiger partial charge in [-0.25, -0.2) is 0 Å². The second kappa shape index (κ2) is 9.11. The summed E-state index contributed by atoms with van der Waals surface area (Å²) in [6.45, 7) is 0.444. The van der Waals surface area contributed by atoms with E-state index in [0.717, 1.165) is 0 Å². The summed E-state index contributed by atoms with van der Waals surface area (Å²) in [5.41, 5.74) is -0.0135. The highest BCUT2D eigenvalue weighted by Crippen LogP contribution is 2.17. The maximum absolute atomic E-state index is 11.8. The lowest BCUT2D eigenvalue weighted by Gasteiger charge is -2.08. The van der Waals surface area contributed by atoms with Crippen LogP contribution in [0.1, 0.15) is 0 Å². The number of nitro benzene ring substituents is 1. The van der Waals surface area contributed by atoms with Crippen LogP contribution in [0.15, 0.2) is 59.5 Å². The first-order chi connectivity index (χ1) is 12.0. The number of nitrogens with zero attached hydrogens (tertiary/aromatic N) is 1. The highest BCUT2D eigenvalue weighted by atomic mass is 32.2. The summed E-state index contributed by atoms with van der Waals surface area (Å²) in [5.74, 6) is 0.483. The van der Waals surface area contributed by atoms with Crippen molar-refractivity contribution in [3.8, 4) is 5.75 Å². The van der Waals surface area contributed by atoms with Gasteiger partial charge in [-0.1, -0.05) is 18.2 Å². The predicted molar refractivity (Wildman–Crippen MR) is 89.0 cm³/mol. The lowest BCUT2D eigenvalue weighted by Crippen LogP contribution is -2.14. The van der Waals surface area contributed by atoms with Crippen molar-refractivity contribution in [3.63, 3.8) is 0 Å². The Hall–Kier alpha value is -2.49. The molecule has 0 heterocycles. The summed E-state index contributed by atoms with van der Waals surface area (Å²) >= 11 is 0. The van der Waals surface area contributed by atoms with Crippen molar-refractivity contribution < 1.29 is 27.0 Å². The van der Waals surface area contributed by atoms with Crippen LogP contribution in [0.3, 0.4) is 0 Å². The molecule has 0 unspecified atom stereocenters. The number of ether oxygens (including phenoxy) is 2. The van der Waals surface area contributed by atoms with E-state index < -0.39 is 15.0 Å². The molecule has 2 aromatic rings. The molecule has 8 nitrogen and oxygen atoms in total. The van der Waals surface area contributed by atoms with E-state index >= 15 is 0 Å². The van der Waals surface area contributed by atoms with Crippen LogP contribution >= 0.6 is 0 Å². The first-order valence-electron chi connectivity index (χ1n) is 7.38. The van der Waals surface area contributed by atoms with Gasteiger partial charge in [0.1, 0.15) is 12.4 Å². The summed E-state index contributed by atoms with van der Waals surface area (Å²) in [4.78, 5) is 10.1. The SMILES string of the molecule is O=[N+]([O-])c1ccc(OCCOCCOS(=O)(=O)c2ccccc2)cc1. The molecule has 0 aliphatic rings. The van der Waals surface area contributed by atoms with Gasteiger partial charge in [0.15, 0.2) is 0 Å². The Bertz CT molecular complexity index is 776. The van der Waals surface area contributed by atoms with Crippen molar-refractivity contribution in [1.82, 2.24) is 0 Å². The summed E-state index contributed by atoms with van der Waals surface area (Å²) in [6, 6.07) is 13.5. The molecule has 0 aliphatic heterocycles. The second-order valence-electron chi connectivity index (χ2n) is 4.80. The van der Waals surface area contributed by atoms with Gasteiger partial charge < -0.3 is 9.47 Å². The van der Waals surface area contributed by atoms with Crippen LogP contribution in [0, 0.1) is 10.1 Å². The van der Waals surface area contributed by atoms with E-state index in [1.807, 2.05) is 0 Å². The van der Waals surface area contributed by atoms with Gasteiger partial charge >= 0.3 is 0 Å². The zero-order valence-electron chi connectivity index (χ0n) is 13.2. The van der Waals surface area contributed by atoms with Crippen molar-refractivity contribution >= 4 is 15.8 Å². The summed E-state index contributed by atoms with van der Waals surface area (Å²) in [5, 5.41) is 10.5. The Morgan fingerprint density at radius 1 is 0.880 bits per heavy atom. The van der Waals surface area contributed by atoms with Gasteiger partial charge in [-0.05, 0) is 24.3 Å². The van der Waals surface area contributed by atoms with Crippen LogP contribution in [0.2, 0.25) is 0 Å². The van der Waals surface area contributed by atoms with Crippen molar-refractivity contribution in [1.29, 1.82) is 0 Å². The minimum atomic E-state index is -3.77. The van der Waals surface area contributed by atoms with Gasteiger partial charge in [-0.15, -0.1) is 0 Å². The molecule has 0 fully saturated rings. The molecule has 0 saturated heterocycles. The van der Waals surface area contributed by atoms with Crippen LogP contribution in [-0.4, -0.2) is 39.8 Å². The first-order valence-corrected chi connectivity index (χ1v) is 8.79. The molecule has 0 amide bonds. The standard InChI is InChI=1S/C16H17NO7S/c18-17(19)14-6-8-15(9-7-14)23-12-10-22-11-13-24-25(20,21)16-4-2-1-3-5-16/h1-9H,10-13H2. The molecule has 0 aromatic heterocycles. The van der Waals surface area contributed by atoms with E-state index in [9.17, 15) is 18.5 Å². The molecular weight excluding hydrogens is 350 g/mol. The van der Waals surface area contributed by atoms with E-state index in [1.54, 1.807) is 18.2 Å². The van der Waals surface area contributed by atoms with E-state index in [0.29, 0.717) is 5.75 Å². The van der Waals surface area contributed by atoms with Crippen LogP contribution in [0.5, 0.6) is 5.75 Å². The van der Waals surface area contributed by atoms with E-state index in [2.05, 4.69) is 0 Å². The maximum atomic E-state index is 11.8. The number of benzene rings is 2. The van der Waals surface area contributed by atoms with Gasteiger partial charge in [0.05, 0.1) is 29.6 Å². The Morgan fingerprint density at radius 2 is 1.52 bits per heavy atom. The molecule has 0 saturated carbocycles. The van der Waals surface area contributed by atoms with Crippen molar-refractivity contribution in [2.24, 2.45) is 0 Å². The summed E-state index contributed by atoms with van der Waals surface area (Å²) in [7, 11) is -3.77. The highest BCUT2D eigenvalue weighted by Gasteiger charge is 2.13. The Kier molecular flexibility index (Phi) is 6.87. The van der Waals surface area contributed by atoms with Crippen LogP contribution < -0.4 is 4.74 Å². The smallest absolute Gasteiger partial charge is 0.297 e. The molecule has 134 valence electrons. The molecular formula is C16H17NO7S. The normalized spacial score (nSPS) is 11.2. The molecule has 25 heavy (non-hydrogen) atoms. The van der Waals surface area contributed by atoms with Gasteiger partial charge in [-0.2, -0.15) is 8.42 Å². The third-order valence-corrected chi connectivity index (χ3v) is 4.37. The van der Waals surface area contributed by atoms with E-state index in [4.69, 9.17) is 13.7 Å². The lowest BCUT2D eigenvalue weighted by atomic mass is 10.3. The zero-order chi connectivity index (χ0) is 18.1. The number of hydrogen-bond acceptors (Lipinski definition) is 7. The number of rotatable bonds is 10. The van der Waals surface area contributed by atoms with Crippen molar-refractivity contribution in [3.05, 3.63) is 64.7 Å². The fourth-order valence-electron chi connectivity index (χ4n) is 1.84. The average molecular weight is 367 g/mol. The first kappa shape index (κ1) is 18.8. The molecule has 2 aromatic carbocycles. The minimum Gasteiger partial charge on any atom is -0.491 e. The number of hydrogen-bond donors (Lipinski definition) is 0. The Morgan fingerprint density at radius 3 is 2.16 bits per heavy atom. The van der Waals surface area contributed by atoms with Crippen LogP contribution in [0.25, 0.3) is 0 Å². The molecule has 9 heteroatoms.